The summed E-state index contributed by atoms with van der Waals surface area (Å²) in [6, 6.07) is 7.10. The first-order valence-corrected chi connectivity index (χ1v) is 9.51. The lowest BCUT2D eigenvalue weighted by atomic mass is 9.84. The van der Waals surface area contributed by atoms with Crippen LogP contribution in [0.15, 0.2) is 18.2 Å². The highest BCUT2D eigenvalue weighted by Gasteiger charge is 2.26. The van der Waals surface area contributed by atoms with Crippen molar-refractivity contribution >= 4 is 6.09 Å². The normalized spacial score (nSPS) is 21.0. The Labute approximate surface area is 152 Å². The summed E-state index contributed by atoms with van der Waals surface area (Å²) in [5.41, 5.74) is 3.55. The lowest BCUT2D eigenvalue weighted by Crippen LogP contribution is -2.44. The number of carbonyl (C=O) groups is 1. The fourth-order valence-electron chi connectivity index (χ4n) is 3.41. The van der Waals surface area contributed by atoms with Crippen LogP contribution in [0.5, 0.6) is 0 Å². The summed E-state index contributed by atoms with van der Waals surface area (Å²) in [6.45, 7) is 11.5. The lowest BCUT2D eigenvalue weighted by molar-refractivity contribution is 0.0510. The van der Waals surface area contributed by atoms with Crippen molar-refractivity contribution < 1.29 is 9.53 Å². The van der Waals surface area contributed by atoms with E-state index in [1.807, 2.05) is 20.8 Å². The molecule has 4 heteroatoms. The van der Waals surface area contributed by atoms with E-state index in [1.54, 1.807) is 0 Å². The van der Waals surface area contributed by atoms with Crippen molar-refractivity contribution in [3.05, 3.63) is 34.9 Å². The van der Waals surface area contributed by atoms with Crippen molar-refractivity contribution in [2.45, 2.75) is 78.5 Å². The second-order valence-electron chi connectivity index (χ2n) is 8.33. The maximum atomic E-state index is 11.9. The fourth-order valence-corrected chi connectivity index (χ4v) is 3.41. The molecule has 2 atom stereocenters. The van der Waals surface area contributed by atoms with Crippen molar-refractivity contribution in [2.75, 3.05) is 6.54 Å². The molecule has 2 unspecified atom stereocenters. The molecule has 0 saturated heterocycles. The molecule has 140 valence electrons. The summed E-state index contributed by atoms with van der Waals surface area (Å²) >= 11 is 0. The van der Waals surface area contributed by atoms with Gasteiger partial charge in [-0.2, -0.15) is 0 Å². The molecule has 0 aromatic heterocycles. The summed E-state index contributed by atoms with van der Waals surface area (Å²) in [6.07, 6.45) is 4.51. The van der Waals surface area contributed by atoms with E-state index < -0.39 is 5.60 Å². The van der Waals surface area contributed by atoms with Crippen molar-refractivity contribution in [2.24, 2.45) is 5.92 Å². The van der Waals surface area contributed by atoms with Crippen LogP contribution in [0.4, 0.5) is 4.79 Å². The number of nitrogens with one attached hydrogen (secondary N) is 2. The largest absolute Gasteiger partial charge is 0.444 e. The third-order valence-electron chi connectivity index (χ3n) is 4.96. The smallest absolute Gasteiger partial charge is 0.407 e. The van der Waals surface area contributed by atoms with Gasteiger partial charge in [0.15, 0.2) is 0 Å². The molecule has 0 bridgehead atoms. The van der Waals surface area contributed by atoms with Crippen LogP contribution < -0.4 is 10.6 Å². The summed E-state index contributed by atoms with van der Waals surface area (Å²) in [4.78, 5) is 11.9. The van der Waals surface area contributed by atoms with Crippen molar-refractivity contribution in [3.63, 3.8) is 0 Å². The van der Waals surface area contributed by atoms with E-state index in [1.165, 1.54) is 36.0 Å². The maximum Gasteiger partial charge on any atom is 0.407 e. The Bertz CT molecular complexity index is 578. The predicted molar refractivity (Wildman–Crippen MR) is 103 cm³/mol. The molecular weight excluding hydrogens is 312 g/mol. The van der Waals surface area contributed by atoms with Crippen LogP contribution in [0.25, 0.3) is 0 Å². The minimum Gasteiger partial charge on any atom is -0.444 e. The highest BCUT2D eigenvalue weighted by atomic mass is 16.6. The van der Waals surface area contributed by atoms with Gasteiger partial charge in [-0.25, -0.2) is 4.79 Å². The molecule has 1 amide bonds. The highest BCUT2D eigenvalue weighted by molar-refractivity contribution is 5.67. The molecule has 1 saturated carbocycles. The maximum absolute atomic E-state index is 11.9. The molecule has 1 aromatic carbocycles. The molecule has 2 N–H and O–H groups in total. The summed E-state index contributed by atoms with van der Waals surface area (Å²) < 4.78 is 5.35. The van der Waals surface area contributed by atoms with Gasteiger partial charge in [0.2, 0.25) is 0 Å². The van der Waals surface area contributed by atoms with Crippen molar-refractivity contribution in [1.29, 1.82) is 0 Å². The first kappa shape index (κ1) is 19.8. The Balaban J connectivity index is 1.85. The lowest BCUT2D eigenvalue weighted by Gasteiger charge is -2.33. The average molecular weight is 347 g/mol. The quantitative estimate of drug-likeness (QED) is 0.826. The van der Waals surface area contributed by atoms with E-state index >= 15 is 0 Å². The zero-order valence-corrected chi connectivity index (χ0v) is 16.4. The summed E-state index contributed by atoms with van der Waals surface area (Å²) in [7, 11) is 0. The Kier molecular flexibility index (Phi) is 6.88. The minimum atomic E-state index is -0.447. The number of ether oxygens (including phenoxy) is 1. The number of alkyl carbamates (subject to hydrolysis) is 1. The number of carbonyl (C=O) groups excluding carboxylic acids is 1. The minimum absolute atomic E-state index is 0.314. The molecular formula is C21H34N2O2. The molecule has 0 heterocycles. The molecule has 25 heavy (non-hydrogen) atoms. The Morgan fingerprint density at radius 2 is 1.88 bits per heavy atom. The first-order chi connectivity index (χ1) is 11.7. The number of hydrogen-bond donors (Lipinski definition) is 2. The number of amides is 1. The van der Waals surface area contributed by atoms with Crippen LogP contribution in [0, 0.1) is 19.8 Å². The van der Waals surface area contributed by atoms with Gasteiger partial charge in [-0.3, -0.25) is 0 Å². The predicted octanol–water partition coefficient (Wildman–Crippen LogP) is 4.48. The van der Waals surface area contributed by atoms with Gasteiger partial charge >= 0.3 is 6.09 Å². The van der Waals surface area contributed by atoms with E-state index in [0.717, 1.165) is 13.0 Å². The zero-order valence-electron chi connectivity index (χ0n) is 16.4. The Morgan fingerprint density at radius 3 is 2.56 bits per heavy atom. The number of aryl methyl sites for hydroxylation is 2. The summed E-state index contributed by atoms with van der Waals surface area (Å²) in [5, 5.41) is 6.67. The Hall–Kier alpha value is -1.55. The van der Waals surface area contributed by atoms with E-state index in [2.05, 4.69) is 42.7 Å². The number of rotatable bonds is 5. The van der Waals surface area contributed by atoms with E-state index in [9.17, 15) is 4.79 Å². The highest BCUT2D eigenvalue weighted by Crippen LogP contribution is 2.24. The van der Waals surface area contributed by atoms with Crippen LogP contribution in [-0.4, -0.2) is 24.3 Å². The molecule has 0 aliphatic heterocycles. The van der Waals surface area contributed by atoms with Gasteiger partial charge in [0.1, 0.15) is 5.60 Å². The average Bonchev–Trinajstić information content (AvgIpc) is 2.53. The van der Waals surface area contributed by atoms with E-state index in [-0.39, 0.29) is 6.09 Å². The molecule has 0 spiro atoms. The van der Waals surface area contributed by atoms with Crippen LogP contribution in [-0.2, 0) is 11.3 Å². The SMILES string of the molecule is Cc1ccc(CNC2CCCCC2CNC(=O)OC(C)(C)C)cc1C. The van der Waals surface area contributed by atoms with Gasteiger partial charge in [0.25, 0.3) is 0 Å². The molecule has 4 nitrogen and oxygen atoms in total. The van der Waals surface area contributed by atoms with Crippen LogP contribution in [0.2, 0.25) is 0 Å². The molecule has 2 rings (SSSR count). The Morgan fingerprint density at radius 1 is 1.16 bits per heavy atom. The standard InChI is InChI=1S/C21H34N2O2/c1-15-10-11-17(12-16(15)2)13-22-19-9-7-6-8-18(19)14-23-20(24)25-21(3,4)5/h10-12,18-19,22H,6-9,13-14H2,1-5H3,(H,23,24). The molecule has 0 radical (unpaired) electrons. The second-order valence-corrected chi connectivity index (χ2v) is 8.33. The van der Waals surface area contributed by atoms with Gasteiger partial charge in [0.05, 0.1) is 0 Å². The van der Waals surface area contributed by atoms with E-state index in [0.29, 0.717) is 18.5 Å². The molecule has 1 aliphatic carbocycles. The zero-order chi connectivity index (χ0) is 18.4. The second kappa shape index (κ2) is 8.70. The van der Waals surface area contributed by atoms with E-state index in [4.69, 9.17) is 4.74 Å². The first-order valence-electron chi connectivity index (χ1n) is 9.51. The van der Waals surface area contributed by atoms with Gasteiger partial charge in [0, 0.05) is 19.1 Å². The summed E-state index contributed by atoms with van der Waals surface area (Å²) in [5.74, 6) is 0.466. The number of benzene rings is 1. The van der Waals surface area contributed by atoms with Crippen LogP contribution in [0.3, 0.4) is 0 Å². The van der Waals surface area contributed by atoms with Crippen LogP contribution >= 0.6 is 0 Å². The van der Waals surface area contributed by atoms with Gasteiger partial charge < -0.3 is 15.4 Å². The number of hydrogen-bond acceptors (Lipinski definition) is 3. The van der Waals surface area contributed by atoms with Gasteiger partial charge in [-0.1, -0.05) is 31.0 Å². The molecule has 1 fully saturated rings. The van der Waals surface area contributed by atoms with Gasteiger partial charge in [-0.15, -0.1) is 0 Å². The third kappa shape index (κ3) is 6.69. The van der Waals surface area contributed by atoms with Crippen molar-refractivity contribution in [3.8, 4) is 0 Å². The molecule has 1 aromatic rings. The van der Waals surface area contributed by atoms with Crippen molar-refractivity contribution in [1.82, 2.24) is 10.6 Å². The van der Waals surface area contributed by atoms with Gasteiger partial charge in [-0.05, 0) is 70.1 Å². The monoisotopic (exact) mass is 346 g/mol. The van der Waals surface area contributed by atoms with Crippen LogP contribution in [0.1, 0.15) is 63.1 Å². The third-order valence-corrected chi connectivity index (χ3v) is 4.96. The fraction of sp³-hybridized carbons (Fsp3) is 0.667. The molecule has 1 aliphatic rings. The topological polar surface area (TPSA) is 50.4 Å².